The van der Waals surface area contributed by atoms with Gasteiger partial charge in [0.25, 0.3) is 0 Å². The summed E-state index contributed by atoms with van der Waals surface area (Å²) in [4.78, 5) is 21.7. The second kappa shape index (κ2) is 6.80. The van der Waals surface area contributed by atoms with Crippen molar-refractivity contribution in [2.24, 2.45) is 5.92 Å². The van der Waals surface area contributed by atoms with E-state index in [9.17, 15) is 18.0 Å². The van der Waals surface area contributed by atoms with Gasteiger partial charge >= 0.3 is 6.18 Å². The van der Waals surface area contributed by atoms with Crippen LogP contribution < -0.4 is 5.32 Å². The number of likely N-dealkylation sites (tertiary alicyclic amines) is 1. The SMILES string of the molecule is O=C(NCC(F)(F)F)C1CCN(Cc2nc3ccccc3[nH]2)CC1. The quantitative estimate of drug-likeness (QED) is 0.899. The zero-order valence-corrected chi connectivity index (χ0v) is 13.1. The molecule has 2 heterocycles. The van der Waals surface area contributed by atoms with Gasteiger partial charge in [-0.2, -0.15) is 13.2 Å². The Hall–Kier alpha value is -2.09. The Balaban J connectivity index is 1.49. The van der Waals surface area contributed by atoms with E-state index < -0.39 is 18.6 Å². The molecule has 0 aliphatic carbocycles. The summed E-state index contributed by atoms with van der Waals surface area (Å²) in [6, 6.07) is 7.77. The van der Waals surface area contributed by atoms with Crippen LogP contribution in [-0.4, -0.2) is 46.6 Å². The Morgan fingerprint density at radius 3 is 2.67 bits per heavy atom. The Morgan fingerprint density at radius 2 is 2.00 bits per heavy atom. The van der Waals surface area contributed by atoms with Crippen LogP contribution in [0.3, 0.4) is 0 Å². The van der Waals surface area contributed by atoms with Crippen molar-refractivity contribution in [3.63, 3.8) is 0 Å². The van der Waals surface area contributed by atoms with Gasteiger partial charge in [0.2, 0.25) is 5.91 Å². The molecule has 0 radical (unpaired) electrons. The van der Waals surface area contributed by atoms with Crippen molar-refractivity contribution in [1.29, 1.82) is 0 Å². The number of hydrogen-bond donors (Lipinski definition) is 2. The molecule has 5 nitrogen and oxygen atoms in total. The van der Waals surface area contributed by atoms with E-state index in [0.29, 0.717) is 32.5 Å². The molecule has 130 valence electrons. The number of rotatable bonds is 4. The largest absolute Gasteiger partial charge is 0.405 e. The molecule has 2 aromatic rings. The monoisotopic (exact) mass is 340 g/mol. The standard InChI is InChI=1S/C16H19F3N4O/c17-16(18,19)10-20-15(24)11-5-7-23(8-6-11)9-14-21-12-3-1-2-4-13(12)22-14/h1-4,11H,5-10H2,(H,20,24)(H,21,22). The number of amides is 1. The Labute approximate surface area is 137 Å². The molecule has 3 rings (SSSR count). The lowest BCUT2D eigenvalue weighted by Crippen LogP contribution is -2.42. The van der Waals surface area contributed by atoms with E-state index in [0.717, 1.165) is 16.9 Å². The molecule has 1 aromatic carbocycles. The van der Waals surface area contributed by atoms with Crippen molar-refractivity contribution < 1.29 is 18.0 Å². The highest BCUT2D eigenvalue weighted by molar-refractivity contribution is 5.78. The Kier molecular flexibility index (Phi) is 4.75. The molecule has 1 fully saturated rings. The molecular weight excluding hydrogens is 321 g/mol. The van der Waals surface area contributed by atoms with Gasteiger partial charge in [-0.15, -0.1) is 0 Å². The van der Waals surface area contributed by atoms with Crippen molar-refractivity contribution in [2.45, 2.75) is 25.6 Å². The number of aromatic nitrogens is 2. The molecule has 0 unspecified atom stereocenters. The number of benzene rings is 1. The summed E-state index contributed by atoms with van der Waals surface area (Å²) in [5.74, 6) is 0.00570. The number of nitrogens with one attached hydrogen (secondary N) is 2. The Bertz CT molecular complexity index is 672. The highest BCUT2D eigenvalue weighted by Crippen LogP contribution is 2.20. The maximum atomic E-state index is 12.1. The molecule has 1 aliphatic heterocycles. The van der Waals surface area contributed by atoms with Crippen LogP contribution in [0.25, 0.3) is 11.0 Å². The van der Waals surface area contributed by atoms with Gasteiger partial charge in [-0.05, 0) is 38.1 Å². The highest BCUT2D eigenvalue weighted by atomic mass is 19.4. The minimum absolute atomic E-state index is 0.348. The number of halogens is 3. The first-order valence-electron chi connectivity index (χ1n) is 7.91. The summed E-state index contributed by atoms with van der Waals surface area (Å²) >= 11 is 0. The fourth-order valence-electron chi connectivity index (χ4n) is 2.98. The first kappa shape index (κ1) is 16.8. The number of imidazole rings is 1. The van der Waals surface area contributed by atoms with Gasteiger partial charge in [-0.1, -0.05) is 12.1 Å². The predicted molar refractivity (Wildman–Crippen MR) is 83.2 cm³/mol. The topological polar surface area (TPSA) is 61.0 Å². The lowest BCUT2D eigenvalue weighted by Gasteiger charge is -2.30. The molecule has 0 bridgehead atoms. The molecular formula is C16H19F3N4O. The van der Waals surface area contributed by atoms with Crippen molar-refractivity contribution in [1.82, 2.24) is 20.2 Å². The molecule has 8 heteroatoms. The molecule has 0 atom stereocenters. The van der Waals surface area contributed by atoms with E-state index in [1.165, 1.54) is 0 Å². The number of para-hydroxylation sites is 2. The third-order valence-corrected chi connectivity index (χ3v) is 4.23. The van der Waals surface area contributed by atoms with Gasteiger partial charge < -0.3 is 10.3 Å². The number of piperidine rings is 1. The van der Waals surface area contributed by atoms with Crippen LogP contribution >= 0.6 is 0 Å². The van der Waals surface area contributed by atoms with Gasteiger partial charge in [0.1, 0.15) is 12.4 Å². The van der Waals surface area contributed by atoms with Crippen LogP contribution in [0.15, 0.2) is 24.3 Å². The van der Waals surface area contributed by atoms with Gasteiger partial charge in [0.15, 0.2) is 0 Å². The zero-order valence-electron chi connectivity index (χ0n) is 13.1. The molecule has 0 saturated carbocycles. The second-order valence-corrected chi connectivity index (χ2v) is 6.08. The number of nitrogens with zero attached hydrogens (tertiary/aromatic N) is 2. The smallest absolute Gasteiger partial charge is 0.347 e. The minimum atomic E-state index is -4.36. The number of H-pyrrole nitrogens is 1. The summed E-state index contributed by atoms with van der Waals surface area (Å²) in [6.07, 6.45) is -3.24. The number of carbonyl (C=O) groups is 1. The zero-order chi connectivity index (χ0) is 17.2. The lowest BCUT2D eigenvalue weighted by atomic mass is 9.96. The maximum Gasteiger partial charge on any atom is 0.405 e. The predicted octanol–water partition coefficient (Wildman–Crippen LogP) is 2.45. The van der Waals surface area contributed by atoms with Crippen LogP contribution in [0.2, 0.25) is 0 Å². The molecule has 2 N–H and O–H groups in total. The molecule has 1 saturated heterocycles. The summed E-state index contributed by atoms with van der Waals surface area (Å²) in [5, 5.41) is 1.97. The van der Waals surface area contributed by atoms with Crippen molar-refractivity contribution in [3.05, 3.63) is 30.1 Å². The molecule has 1 aromatic heterocycles. The summed E-state index contributed by atoms with van der Waals surface area (Å²) in [5.41, 5.74) is 1.89. The fraction of sp³-hybridized carbons (Fsp3) is 0.500. The number of aromatic amines is 1. The third kappa shape index (κ3) is 4.25. The van der Waals surface area contributed by atoms with E-state index in [1.54, 1.807) is 0 Å². The van der Waals surface area contributed by atoms with E-state index in [-0.39, 0.29) is 5.92 Å². The highest BCUT2D eigenvalue weighted by Gasteiger charge is 2.31. The molecule has 24 heavy (non-hydrogen) atoms. The number of fused-ring (bicyclic) bond motifs is 1. The van der Waals surface area contributed by atoms with Gasteiger partial charge in [-0.25, -0.2) is 4.98 Å². The number of alkyl halides is 3. The fourth-order valence-corrected chi connectivity index (χ4v) is 2.98. The van der Waals surface area contributed by atoms with E-state index in [4.69, 9.17) is 0 Å². The van der Waals surface area contributed by atoms with Crippen molar-refractivity contribution >= 4 is 16.9 Å². The number of hydrogen-bond acceptors (Lipinski definition) is 3. The molecule has 1 amide bonds. The first-order valence-corrected chi connectivity index (χ1v) is 7.91. The van der Waals surface area contributed by atoms with Crippen molar-refractivity contribution in [2.75, 3.05) is 19.6 Å². The average molecular weight is 340 g/mol. The van der Waals surface area contributed by atoms with Crippen LogP contribution in [0.1, 0.15) is 18.7 Å². The van der Waals surface area contributed by atoms with Crippen LogP contribution in [-0.2, 0) is 11.3 Å². The third-order valence-electron chi connectivity index (χ3n) is 4.23. The van der Waals surface area contributed by atoms with Crippen molar-refractivity contribution in [3.8, 4) is 0 Å². The normalized spacial score (nSPS) is 17.3. The first-order chi connectivity index (χ1) is 11.4. The second-order valence-electron chi connectivity index (χ2n) is 6.08. The maximum absolute atomic E-state index is 12.1. The molecule has 1 aliphatic rings. The lowest BCUT2D eigenvalue weighted by molar-refractivity contribution is -0.141. The van der Waals surface area contributed by atoms with Gasteiger partial charge in [0, 0.05) is 5.92 Å². The Morgan fingerprint density at radius 1 is 1.29 bits per heavy atom. The summed E-state index contributed by atoms with van der Waals surface area (Å²) in [6.45, 7) is 0.721. The summed E-state index contributed by atoms with van der Waals surface area (Å²) < 4.78 is 36.4. The van der Waals surface area contributed by atoms with Gasteiger partial charge in [0.05, 0.1) is 17.6 Å². The summed E-state index contributed by atoms with van der Waals surface area (Å²) in [7, 11) is 0. The number of carbonyl (C=O) groups excluding carboxylic acids is 1. The van der Waals surface area contributed by atoms with Crippen LogP contribution in [0.4, 0.5) is 13.2 Å². The van der Waals surface area contributed by atoms with Gasteiger partial charge in [-0.3, -0.25) is 9.69 Å². The van der Waals surface area contributed by atoms with E-state index in [2.05, 4.69) is 14.9 Å². The minimum Gasteiger partial charge on any atom is -0.347 e. The van der Waals surface area contributed by atoms with Crippen LogP contribution in [0, 0.1) is 5.92 Å². The molecule has 0 spiro atoms. The van der Waals surface area contributed by atoms with E-state index in [1.807, 2.05) is 29.6 Å². The van der Waals surface area contributed by atoms with E-state index >= 15 is 0 Å². The average Bonchev–Trinajstić information content (AvgIpc) is 2.95. The van der Waals surface area contributed by atoms with Crippen LogP contribution in [0.5, 0.6) is 0 Å².